The number of rotatable bonds is 9. The van der Waals surface area contributed by atoms with Gasteiger partial charge in [-0.3, -0.25) is 4.79 Å². The Kier molecular flexibility index (Phi) is 7.03. The van der Waals surface area contributed by atoms with E-state index >= 15 is 0 Å². The van der Waals surface area contributed by atoms with Gasteiger partial charge in [-0.25, -0.2) is 13.1 Å². The molecule has 1 N–H and O–H groups in total. The molecule has 0 aliphatic carbocycles. The summed E-state index contributed by atoms with van der Waals surface area (Å²) in [6.45, 7) is 0.939. The molecule has 0 bridgehead atoms. The van der Waals surface area contributed by atoms with Gasteiger partial charge < -0.3 is 10.1 Å². The van der Waals surface area contributed by atoms with Crippen LogP contribution in [0.2, 0.25) is 5.02 Å². The van der Waals surface area contributed by atoms with E-state index in [1.807, 2.05) is 0 Å². The van der Waals surface area contributed by atoms with Gasteiger partial charge in [-0.2, -0.15) is 4.31 Å². The summed E-state index contributed by atoms with van der Waals surface area (Å²) in [4.78, 5) is 12.3. The molecule has 0 spiro atoms. The summed E-state index contributed by atoms with van der Waals surface area (Å²) in [5.41, 5.74) is 2.02. The molecule has 0 radical (unpaired) electrons. The number of carbonyl (C=O) groups excluding carboxylic acids is 1. The Labute approximate surface area is 179 Å². The number of nitrogens with zero attached hydrogens (tertiary/aromatic N) is 4. The number of hydrogen-bond acceptors (Lipinski definition) is 6. The number of aromatic nitrogens is 3. The average molecular weight is 452 g/mol. The third-order valence-electron chi connectivity index (χ3n) is 4.47. The van der Waals surface area contributed by atoms with Gasteiger partial charge in [0.15, 0.2) is 0 Å². The molecular formula is C19H22ClN5O4S. The second-order valence-corrected chi connectivity index (χ2v) is 9.10. The highest BCUT2D eigenvalue weighted by Gasteiger charge is 2.24. The molecule has 0 unspecified atom stereocenters. The van der Waals surface area contributed by atoms with E-state index in [0.29, 0.717) is 29.2 Å². The topological polar surface area (TPSA) is 106 Å². The molecule has 0 saturated carbocycles. The van der Waals surface area contributed by atoms with Crippen molar-refractivity contribution in [3.05, 3.63) is 53.1 Å². The summed E-state index contributed by atoms with van der Waals surface area (Å²) in [7, 11) is -0.922. The highest BCUT2D eigenvalue weighted by atomic mass is 35.5. The molecule has 0 atom stereocenters. The largest absolute Gasteiger partial charge is 0.383 e. The predicted octanol–water partition coefficient (Wildman–Crippen LogP) is 1.67. The Morgan fingerprint density at radius 2 is 1.97 bits per heavy atom. The van der Waals surface area contributed by atoms with E-state index in [2.05, 4.69) is 15.6 Å². The van der Waals surface area contributed by atoms with E-state index in [0.717, 1.165) is 9.87 Å². The molecule has 3 rings (SSSR count). The van der Waals surface area contributed by atoms with Crippen LogP contribution in [0.4, 0.5) is 0 Å². The zero-order valence-corrected chi connectivity index (χ0v) is 18.2. The van der Waals surface area contributed by atoms with Crippen molar-refractivity contribution in [1.82, 2.24) is 24.6 Å². The van der Waals surface area contributed by atoms with E-state index in [4.69, 9.17) is 16.3 Å². The summed E-state index contributed by atoms with van der Waals surface area (Å²) in [5, 5.41) is 11.3. The number of carbonyl (C=O) groups is 1. The highest BCUT2D eigenvalue weighted by molar-refractivity contribution is 7.89. The molecular weight excluding hydrogens is 430 g/mol. The average Bonchev–Trinajstić information content (AvgIpc) is 3.14. The second kappa shape index (κ2) is 9.52. The van der Waals surface area contributed by atoms with Gasteiger partial charge in [-0.05, 0) is 35.9 Å². The molecule has 9 nitrogen and oxygen atoms in total. The molecule has 3 aromatic rings. The summed E-state index contributed by atoms with van der Waals surface area (Å²) >= 11 is 5.84. The zero-order valence-electron chi connectivity index (χ0n) is 16.6. The van der Waals surface area contributed by atoms with Crippen LogP contribution in [0, 0.1) is 0 Å². The minimum absolute atomic E-state index is 0.0433. The monoisotopic (exact) mass is 451 g/mol. The van der Waals surface area contributed by atoms with Crippen molar-refractivity contribution in [2.45, 2.75) is 18.0 Å². The van der Waals surface area contributed by atoms with Crippen LogP contribution in [0.15, 0.2) is 47.4 Å². The van der Waals surface area contributed by atoms with E-state index in [9.17, 15) is 13.2 Å². The van der Waals surface area contributed by atoms with Crippen LogP contribution in [0.3, 0.4) is 0 Å². The number of sulfonamides is 1. The molecule has 0 saturated heterocycles. The molecule has 30 heavy (non-hydrogen) atoms. The van der Waals surface area contributed by atoms with Gasteiger partial charge in [-0.1, -0.05) is 28.9 Å². The summed E-state index contributed by atoms with van der Waals surface area (Å²) in [6, 6.07) is 11.6. The van der Waals surface area contributed by atoms with Crippen LogP contribution in [-0.4, -0.2) is 60.9 Å². The fourth-order valence-corrected chi connectivity index (χ4v) is 4.05. The van der Waals surface area contributed by atoms with Crippen LogP contribution < -0.4 is 5.32 Å². The van der Waals surface area contributed by atoms with E-state index in [-0.39, 0.29) is 18.0 Å². The summed E-state index contributed by atoms with van der Waals surface area (Å²) < 4.78 is 33.4. The number of benzene rings is 2. The number of ether oxygens (including phenoxy) is 1. The summed E-state index contributed by atoms with van der Waals surface area (Å²) in [6.07, 6.45) is 0. The number of fused-ring (bicyclic) bond motifs is 1. The Bertz CT molecular complexity index is 1130. The Morgan fingerprint density at radius 1 is 1.23 bits per heavy atom. The first-order chi connectivity index (χ1) is 14.3. The zero-order chi connectivity index (χ0) is 21.7. The molecule has 1 aromatic heterocycles. The van der Waals surface area contributed by atoms with Gasteiger partial charge in [0.25, 0.3) is 0 Å². The van der Waals surface area contributed by atoms with Crippen LogP contribution in [-0.2, 0) is 32.6 Å². The van der Waals surface area contributed by atoms with E-state index in [1.165, 1.54) is 19.2 Å². The smallest absolute Gasteiger partial charge is 0.243 e. The van der Waals surface area contributed by atoms with Crippen molar-refractivity contribution in [3.63, 3.8) is 0 Å². The van der Waals surface area contributed by atoms with Crippen molar-refractivity contribution >= 4 is 38.6 Å². The lowest BCUT2D eigenvalue weighted by molar-refractivity contribution is -0.121. The fraction of sp³-hybridized carbons (Fsp3) is 0.316. The Balaban J connectivity index is 1.66. The van der Waals surface area contributed by atoms with Crippen LogP contribution in [0.1, 0.15) is 5.56 Å². The maximum Gasteiger partial charge on any atom is 0.243 e. The van der Waals surface area contributed by atoms with Gasteiger partial charge in [0, 0.05) is 25.7 Å². The molecule has 11 heteroatoms. The van der Waals surface area contributed by atoms with Gasteiger partial charge in [0.05, 0.1) is 30.1 Å². The van der Waals surface area contributed by atoms with Crippen molar-refractivity contribution in [3.8, 4) is 0 Å². The van der Waals surface area contributed by atoms with Gasteiger partial charge in [-0.15, -0.1) is 5.10 Å². The molecule has 0 aliphatic rings. The van der Waals surface area contributed by atoms with E-state index in [1.54, 1.807) is 42.1 Å². The van der Waals surface area contributed by atoms with Gasteiger partial charge in [0.2, 0.25) is 15.9 Å². The third kappa shape index (κ3) is 5.14. The number of likely N-dealkylation sites (N-methyl/N-ethyl adjacent to an activating group) is 1. The maximum atomic E-state index is 12.9. The van der Waals surface area contributed by atoms with Gasteiger partial charge >= 0.3 is 0 Å². The number of methoxy groups -OCH3 is 1. The van der Waals surface area contributed by atoms with Crippen LogP contribution >= 0.6 is 11.6 Å². The SMILES string of the molecule is COCCn1nnc2cc(S(=O)(=O)N(C)CC(=O)NCc3ccc(Cl)cc3)ccc21. The minimum atomic E-state index is -3.87. The van der Waals surface area contributed by atoms with Crippen LogP contribution in [0.25, 0.3) is 11.0 Å². The van der Waals surface area contributed by atoms with Gasteiger partial charge in [0.1, 0.15) is 5.52 Å². The standard InChI is InChI=1S/C19H22ClN5O4S/c1-24(13-19(26)21-12-14-3-5-15(20)6-4-14)30(27,28)16-7-8-18-17(11-16)22-23-25(18)9-10-29-2/h3-8,11H,9-10,12-13H2,1-2H3,(H,21,26). The Morgan fingerprint density at radius 3 is 2.67 bits per heavy atom. The third-order valence-corrected chi connectivity index (χ3v) is 6.52. The first-order valence-corrected chi connectivity index (χ1v) is 10.9. The summed E-state index contributed by atoms with van der Waals surface area (Å²) in [5.74, 6) is -0.414. The number of amides is 1. The fourth-order valence-electron chi connectivity index (χ4n) is 2.78. The number of hydrogen-bond donors (Lipinski definition) is 1. The molecule has 160 valence electrons. The minimum Gasteiger partial charge on any atom is -0.383 e. The lowest BCUT2D eigenvalue weighted by Crippen LogP contribution is -2.38. The van der Waals surface area contributed by atoms with Crippen molar-refractivity contribution in [1.29, 1.82) is 0 Å². The molecule has 1 heterocycles. The molecule has 0 fully saturated rings. The maximum absolute atomic E-state index is 12.9. The number of halogens is 1. The molecule has 0 aliphatic heterocycles. The molecule has 2 aromatic carbocycles. The number of nitrogens with one attached hydrogen (secondary N) is 1. The first kappa shape index (κ1) is 22.2. The van der Waals surface area contributed by atoms with Crippen molar-refractivity contribution in [2.24, 2.45) is 0 Å². The van der Waals surface area contributed by atoms with E-state index < -0.39 is 15.9 Å². The lowest BCUT2D eigenvalue weighted by atomic mass is 10.2. The first-order valence-electron chi connectivity index (χ1n) is 9.11. The predicted molar refractivity (Wildman–Crippen MR) is 113 cm³/mol. The quantitative estimate of drug-likeness (QED) is 0.530. The van der Waals surface area contributed by atoms with Crippen molar-refractivity contribution in [2.75, 3.05) is 27.3 Å². The Hall–Kier alpha value is -2.53. The molecule has 1 amide bonds. The highest BCUT2D eigenvalue weighted by Crippen LogP contribution is 2.20. The second-order valence-electron chi connectivity index (χ2n) is 6.62. The lowest BCUT2D eigenvalue weighted by Gasteiger charge is -2.17. The van der Waals surface area contributed by atoms with Crippen molar-refractivity contribution < 1.29 is 17.9 Å². The normalized spacial score (nSPS) is 11.9. The van der Waals surface area contributed by atoms with Crippen LogP contribution in [0.5, 0.6) is 0 Å².